The first-order valence-corrected chi connectivity index (χ1v) is 8.83. The number of methoxy groups -OCH3 is 2. The van der Waals surface area contributed by atoms with Gasteiger partial charge in [-0.15, -0.1) is 0 Å². The smallest absolute Gasteiger partial charge is 0.268 e. The van der Waals surface area contributed by atoms with Crippen LogP contribution in [0.2, 0.25) is 0 Å². The van der Waals surface area contributed by atoms with Crippen LogP contribution in [0.1, 0.15) is 12.8 Å². The van der Waals surface area contributed by atoms with Gasteiger partial charge in [-0.2, -0.15) is 5.10 Å². The Morgan fingerprint density at radius 1 is 1.22 bits per heavy atom. The number of carbonyl (C=O) groups excluding carboxylic acids is 1. The maximum absolute atomic E-state index is 12.7. The molecule has 1 aromatic carbocycles. The van der Waals surface area contributed by atoms with Crippen molar-refractivity contribution in [2.45, 2.75) is 12.8 Å². The van der Waals surface area contributed by atoms with Crippen LogP contribution in [-0.4, -0.2) is 43.0 Å². The van der Waals surface area contributed by atoms with E-state index in [-0.39, 0.29) is 17.4 Å². The number of benzene rings is 1. The molecular formula is C19H24N4O4. The van der Waals surface area contributed by atoms with E-state index in [2.05, 4.69) is 10.4 Å². The number of hydrogen-bond acceptors (Lipinski definition) is 6. The highest BCUT2D eigenvalue weighted by Crippen LogP contribution is 2.30. The van der Waals surface area contributed by atoms with Crippen molar-refractivity contribution in [2.24, 2.45) is 13.0 Å². The van der Waals surface area contributed by atoms with Crippen LogP contribution < -0.4 is 25.2 Å². The molecule has 1 aliphatic rings. The van der Waals surface area contributed by atoms with Gasteiger partial charge in [0.25, 0.3) is 5.56 Å². The number of ether oxygens (including phenoxy) is 2. The number of nitrogens with zero attached hydrogens (tertiary/aromatic N) is 3. The van der Waals surface area contributed by atoms with Gasteiger partial charge < -0.3 is 19.7 Å². The molecule has 1 N–H and O–H groups in total. The zero-order valence-corrected chi connectivity index (χ0v) is 15.8. The molecule has 8 heteroatoms. The van der Waals surface area contributed by atoms with E-state index >= 15 is 0 Å². The fourth-order valence-electron chi connectivity index (χ4n) is 3.22. The first-order valence-electron chi connectivity index (χ1n) is 8.83. The van der Waals surface area contributed by atoms with Crippen LogP contribution in [0.25, 0.3) is 0 Å². The van der Waals surface area contributed by atoms with Crippen molar-refractivity contribution < 1.29 is 14.3 Å². The van der Waals surface area contributed by atoms with Gasteiger partial charge in [0.15, 0.2) is 11.5 Å². The molecule has 1 fully saturated rings. The van der Waals surface area contributed by atoms with Crippen LogP contribution in [-0.2, 0) is 11.8 Å². The number of amides is 1. The second-order valence-corrected chi connectivity index (χ2v) is 6.52. The summed E-state index contributed by atoms with van der Waals surface area (Å²) in [5, 5.41) is 7.01. The first-order chi connectivity index (χ1) is 13.0. The molecule has 144 valence electrons. The van der Waals surface area contributed by atoms with Gasteiger partial charge in [-0.25, -0.2) is 4.68 Å². The van der Waals surface area contributed by atoms with Crippen molar-refractivity contribution in [1.82, 2.24) is 9.78 Å². The van der Waals surface area contributed by atoms with Crippen LogP contribution >= 0.6 is 0 Å². The lowest BCUT2D eigenvalue weighted by molar-refractivity contribution is -0.120. The molecule has 1 aromatic heterocycles. The number of nitrogens with one attached hydrogen (secondary N) is 1. The molecule has 1 amide bonds. The maximum atomic E-state index is 12.7. The second-order valence-electron chi connectivity index (χ2n) is 6.52. The summed E-state index contributed by atoms with van der Waals surface area (Å²) in [6, 6.07) is 6.83. The van der Waals surface area contributed by atoms with Crippen molar-refractivity contribution in [2.75, 3.05) is 37.5 Å². The van der Waals surface area contributed by atoms with Crippen molar-refractivity contribution >= 4 is 17.3 Å². The molecule has 2 aromatic rings. The highest BCUT2D eigenvalue weighted by atomic mass is 16.5. The zero-order chi connectivity index (χ0) is 19.4. The maximum Gasteiger partial charge on any atom is 0.268 e. The molecule has 27 heavy (non-hydrogen) atoms. The number of aryl methyl sites for hydroxylation is 1. The minimum atomic E-state index is -0.170. The number of rotatable bonds is 5. The van der Waals surface area contributed by atoms with Crippen LogP contribution in [0.3, 0.4) is 0 Å². The molecule has 0 radical (unpaired) electrons. The largest absolute Gasteiger partial charge is 0.493 e. The normalized spacial score (nSPS) is 16.7. The fourth-order valence-corrected chi connectivity index (χ4v) is 3.22. The van der Waals surface area contributed by atoms with E-state index in [1.165, 1.54) is 4.68 Å². The Balaban J connectivity index is 1.69. The predicted octanol–water partition coefficient (Wildman–Crippen LogP) is 1.65. The number of hydrogen-bond donors (Lipinski definition) is 1. The van der Waals surface area contributed by atoms with Gasteiger partial charge in [-0.05, 0) is 25.0 Å². The predicted molar refractivity (Wildman–Crippen MR) is 103 cm³/mol. The van der Waals surface area contributed by atoms with E-state index in [1.807, 2.05) is 4.90 Å². The highest BCUT2D eigenvalue weighted by molar-refractivity contribution is 5.93. The topological polar surface area (TPSA) is 85.7 Å². The van der Waals surface area contributed by atoms with E-state index < -0.39 is 0 Å². The van der Waals surface area contributed by atoms with Gasteiger partial charge in [-0.1, -0.05) is 0 Å². The third-order valence-electron chi connectivity index (χ3n) is 4.76. The minimum absolute atomic E-state index is 0.0521. The molecule has 0 spiro atoms. The average Bonchev–Trinajstić information content (AvgIpc) is 2.70. The van der Waals surface area contributed by atoms with Crippen molar-refractivity contribution in [3.8, 4) is 11.5 Å². The van der Waals surface area contributed by atoms with Crippen molar-refractivity contribution in [3.63, 3.8) is 0 Å². The number of piperidine rings is 1. The Hall–Kier alpha value is -3.03. The molecule has 1 saturated heterocycles. The summed E-state index contributed by atoms with van der Waals surface area (Å²) in [6.07, 6.45) is 3.34. The molecule has 8 nitrogen and oxygen atoms in total. The Bertz CT molecular complexity index is 880. The molecule has 1 aliphatic heterocycles. The summed E-state index contributed by atoms with van der Waals surface area (Å²) in [7, 11) is 4.74. The van der Waals surface area contributed by atoms with Crippen LogP contribution in [0.4, 0.5) is 11.4 Å². The van der Waals surface area contributed by atoms with E-state index in [0.29, 0.717) is 23.7 Å². The van der Waals surface area contributed by atoms with Gasteiger partial charge in [0.2, 0.25) is 5.91 Å². The summed E-state index contributed by atoms with van der Waals surface area (Å²) in [5.41, 5.74) is 1.25. The monoisotopic (exact) mass is 372 g/mol. The van der Waals surface area contributed by atoms with Gasteiger partial charge in [0.05, 0.1) is 32.0 Å². The average molecular weight is 372 g/mol. The zero-order valence-electron chi connectivity index (χ0n) is 15.8. The first kappa shape index (κ1) is 18.8. The standard InChI is InChI=1S/C19H24N4O4/c1-22-18(24)10-15(11-20-22)23-8-4-5-13(12-23)19(25)21-14-6-7-16(26-2)17(9-14)27-3/h6-7,9-11,13H,4-5,8,12H2,1-3H3,(H,21,25)/t13-/m1/s1. The van der Waals surface area contributed by atoms with E-state index in [9.17, 15) is 9.59 Å². The van der Waals surface area contributed by atoms with Gasteiger partial charge >= 0.3 is 0 Å². The van der Waals surface area contributed by atoms with E-state index in [4.69, 9.17) is 9.47 Å². The Kier molecular flexibility index (Phi) is 5.63. The lowest BCUT2D eigenvalue weighted by atomic mass is 9.96. The third-order valence-corrected chi connectivity index (χ3v) is 4.76. The quantitative estimate of drug-likeness (QED) is 0.859. The molecule has 2 heterocycles. The molecule has 1 atom stereocenters. The van der Waals surface area contributed by atoms with Gasteiger partial charge in [-0.3, -0.25) is 9.59 Å². The highest BCUT2D eigenvalue weighted by Gasteiger charge is 2.26. The summed E-state index contributed by atoms with van der Waals surface area (Å²) in [5.74, 6) is 0.948. The number of anilines is 2. The molecule has 0 aliphatic carbocycles. The lowest BCUT2D eigenvalue weighted by Crippen LogP contribution is -2.41. The molecule has 0 saturated carbocycles. The summed E-state index contributed by atoms with van der Waals surface area (Å²) in [6.45, 7) is 1.35. The summed E-state index contributed by atoms with van der Waals surface area (Å²) in [4.78, 5) is 26.6. The van der Waals surface area contributed by atoms with Gasteiger partial charge in [0, 0.05) is 38.0 Å². The molecule has 0 unspecified atom stereocenters. The Morgan fingerprint density at radius 2 is 2.00 bits per heavy atom. The van der Waals surface area contributed by atoms with E-state index in [1.54, 1.807) is 51.7 Å². The Morgan fingerprint density at radius 3 is 2.70 bits per heavy atom. The van der Waals surface area contributed by atoms with Crippen LogP contribution in [0.15, 0.2) is 35.3 Å². The van der Waals surface area contributed by atoms with Gasteiger partial charge in [0.1, 0.15) is 0 Å². The fraction of sp³-hybridized carbons (Fsp3) is 0.421. The number of carbonyl (C=O) groups is 1. The molecular weight excluding hydrogens is 348 g/mol. The molecule has 3 rings (SSSR count). The summed E-state index contributed by atoms with van der Waals surface area (Å²) >= 11 is 0. The molecule has 0 bridgehead atoms. The van der Waals surface area contributed by atoms with Crippen molar-refractivity contribution in [1.29, 1.82) is 0 Å². The van der Waals surface area contributed by atoms with Crippen molar-refractivity contribution in [3.05, 3.63) is 40.8 Å². The Labute approximate surface area is 157 Å². The van der Waals surface area contributed by atoms with Crippen LogP contribution in [0, 0.1) is 5.92 Å². The van der Waals surface area contributed by atoms with E-state index in [0.717, 1.165) is 25.1 Å². The third kappa shape index (κ3) is 4.21. The second kappa shape index (κ2) is 8.11. The van der Waals surface area contributed by atoms with Crippen LogP contribution in [0.5, 0.6) is 11.5 Å². The SMILES string of the molecule is COc1ccc(NC(=O)[C@@H]2CCCN(c3cnn(C)c(=O)c3)C2)cc1OC. The lowest BCUT2D eigenvalue weighted by Gasteiger charge is -2.33. The summed E-state index contributed by atoms with van der Waals surface area (Å²) < 4.78 is 11.8. The number of aromatic nitrogens is 2. The minimum Gasteiger partial charge on any atom is -0.493 e.